The third kappa shape index (κ3) is 6.62. The van der Waals surface area contributed by atoms with Gasteiger partial charge in [-0.15, -0.1) is 0 Å². The first-order valence-electron chi connectivity index (χ1n) is 10.5. The number of primary amides is 1. The number of nitrogens with zero attached hydrogens (tertiary/aromatic N) is 1. The van der Waals surface area contributed by atoms with Gasteiger partial charge in [0.15, 0.2) is 0 Å². The highest BCUT2D eigenvalue weighted by atomic mass is 16.4. The van der Waals surface area contributed by atoms with E-state index in [9.17, 15) is 34.2 Å². The minimum Gasteiger partial charge on any atom is -0.480 e. The molecule has 0 saturated carbocycles. The molecule has 174 valence electrons. The van der Waals surface area contributed by atoms with Crippen molar-refractivity contribution in [3.8, 4) is 0 Å². The summed E-state index contributed by atoms with van der Waals surface area (Å²) in [6, 6.07) is -3.93. The Morgan fingerprint density at radius 1 is 1.13 bits per heavy atom. The molecule has 2 aliphatic heterocycles. The van der Waals surface area contributed by atoms with E-state index in [-0.39, 0.29) is 19.4 Å². The van der Waals surface area contributed by atoms with Gasteiger partial charge < -0.3 is 36.8 Å². The third-order valence-corrected chi connectivity index (χ3v) is 5.56. The van der Waals surface area contributed by atoms with Crippen molar-refractivity contribution in [3.05, 3.63) is 0 Å². The number of amides is 4. The molecule has 2 heterocycles. The van der Waals surface area contributed by atoms with Crippen molar-refractivity contribution in [3.63, 3.8) is 0 Å². The normalized spacial score (nSPS) is 23.6. The quantitative estimate of drug-likeness (QED) is 0.213. The molecule has 12 nitrogen and oxygen atoms in total. The van der Waals surface area contributed by atoms with Crippen molar-refractivity contribution in [1.29, 1.82) is 0 Å². The number of rotatable bonds is 10. The molecule has 12 heteroatoms. The molecule has 2 rings (SSSR count). The van der Waals surface area contributed by atoms with Crippen molar-refractivity contribution < 1.29 is 34.2 Å². The van der Waals surface area contributed by atoms with Gasteiger partial charge in [-0.3, -0.25) is 19.2 Å². The number of likely N-dealkylation sites (tertiary alicyclic amines) is 1. The van der Waals surface area contributed by atoms with Crippen molar-refractivity contribution in [2.24, 2.45) is 5.73 Å². The molecule has 0 bridgehead atoms. The Morgan fingerprint density at radius 3 is 2.39 bits per heavy atom. The van der Waals surface area contributed by atoms with Gasteiger partial charge in [0.25, 0.3) is 0 Å². The van der Waals surface area contributed by atoms with Crippen LogP contribution in [-0.4, -0.2) is 88.1 Å². The second-order valence-corrected chi connectivity index (χ2v) is 7.97. The SMILES string of the molecule is CC(O)C(NC(=O)C1CCCN1)C(=O)N1CCCC1C(=O)NC(CCC(N)=O)C(=O)O. The van der Waals surface area contributed by atoms with Crippen LogP contribution in [0.1, 0.15) is 45.4 Å². The molecule has 0 aromatic rings. The number of aliphatic hydroxyl groups excluding tert-OH is 1. The van der Waals surface area contributed by atoms with Crippen LogP contribution in [0.15, 0.2) is 0 Å². The van der Waals surface area contributed by atoms with E-state index in [4.69, 9.17) is 5.73 Å². The lowest BCUT2D eigenvalue weighted by atomic mass is 10.1. The summed E-state index contributed by atoms with van der Waals surface area (Å²) in [7, 11) is 0. The molecular formula is C19H31N5O7. The average molecular weight is 441 g/mol. The van der Waals surface area contributed by atoms with Gasteiger partial charge in [0.05, 0.1) is 12.1 Å². The van der Waals surface area contributed by atoms with Crippen molar-refractivity contribution in [1.82, 2.24) is 20.9 Å². The smallest absolute Gasteiger partial charge is 0.326 e. The zero-order valence-electron chi connectivity index (χ0n) is 17.5. The first-order chi connectivity index (χ1) is 14.6. The van der Waals surface area contributed by atoms with Crippen LogP contribution in [0.4, 0.5) is 0 Å². The summed E-state index contributed by atoms with van der Waals surface area (Å²) in [5, 5.41) is 27.3. The molecule has 5 unspecified atom stereocenters. The van der Waals surface area contributed by atoms with E-state index in [1.165, 1.54) is 11.8 Å². The number of nitrogens with two attached hydrogens (primary N) is 1. The summed E-state index contributed by atoms with van der Waals surface area (Å²) >= 11 is 0. The lowest BCUT2D eigenvalue weighted by Crippen LogP contribution is -2.59. The van der Waals surface area contributed by atoms with Gasteiger partial charge in [0.1, 0.15) is 18.1 Å². The topological polar surface area (TPSA) is 191 Å². The first-order valence-corrected chi connectivity index (χ1v) is 10.5. The highest BCUT2D eigenvalue weighted by Crippen LogP contribution is 2.20. The fourth-order valence-electron chi connectivity index (χ4n) is 3.84. The molecule has 0 aromatic heterocycles. The Hall–Kier alpha value is -2.73. The van der Waals surface area contributed by atoms with Crippen molar-refractivity contribution in [2.45, 2.75) is 75.7 Å². The summed E-state index contributed by atoms with van der Waals surface area (Å²) in [6.45, 7) is 2.30. The fraction of sp³-hybridized carbons (Fsp3) is 0.737. The Bertz CT molecular complexity index is 708. The van der Waals surface area contributed by atoms with Gasteiger partial charge in [-0.2, -0.15) is 0 Å². The molecule has 4 amide bonds. The van der Waals surface area contributed by atoms with Crippen LogP contribution in [0.3, 0.4) is 0 Å². The molecule has 0 aromatic carbocycles. The molecule has 2 fully saturated rings. The van der Waals surface area contributed by atoms with Crippen LogP contribution in [0.25, 0.3) is 0 Å². The van der Waals surface area contributed by atoms with E-state index in [0.29, 0.717) is 25.8 Å². The summed E-state index contributed by atoms with van der Waals surface area (Å²) in [5.74, 6) is -3.68. The highest BCUT2D eigenvalue weighted by Gasteiger charge is 2.40. The summed E-state index contributed by atoms with van der Waals surface area (Å²) in [6.07, 6.45) is 0.708. The summed E-state index contributed by atoms with van der Waals surface area (Å²) in [5.41, 5.74) is 5.04. The van der Waals surface area contributed by atoms with E-state index in [1.54, 1.807) is 0 Å². The second kappa shape index (κ2) is 11.0. The Labute approximate surface area is 179 Å². The number of aliphatic carboxylic acids is 1. The van der Waals surface area contributed by atoms with E-state index >= 15 is 0 Å². The van der Waals surface area contributed by atoms with Crippen LogP contribution < -0.4 is 21.7 Å². The van der Waals surface area contributed by atoms with Gasteiger partial charge in [-0.1, -0.05) is 0 Å². The molecular weight excluding hydrogens is 410 g/mol. The number of carboxylic acids is 1. The number of aliphatic hydroxyl groups is 1. The number of carboxylic acid groups (broad SMARTS) is 1. The fourth-order valence-corrected chi connectivity index (χ4v) is 3.84. The molecule has 0 aliphatic carbocycles. The minimum absolute atomic E-state index is 0.169. The van der Waals surface area contributed by atoms with E-state index in [1.807, 2.05) is 0 Å². The van der Waals surface area contributed by atoms with Gasteiger partial charge in [-0.25, -0.2) is 4.79 Å². The molecule has 5 atom stereocenters. The number of hydrogen-bond acceptors (Lipinski definition) is 7. The van der Waals surface area contributed by atoms with Gasteiger partial charge >= 0.3 is 5.97 Å². The zero-order valence-corrected chi connectivity index (χ0v) is 17.5. The first kappa shape index (κ1) is 24.5. The minimum atomic E-state index is -1.32. The van der Waals surface area contributed by atoms with Crippen LogP contribution in [0, 0.1) is 0 Å². The monoisotopic (exact) mass is 441 g/mol. The number of nitrogens with one attached hydrogen (secondary N) is 3. The van der Waals surface area contributed by atoms with E-state index in [0.717, 1.165) is 6.42 Å². The van der Waals surface area contributed by atoms with Crippen LogP contribution in [0.2, 0.25) is 0 Å². The maximum absolute atomic E-state index is 13.1. The predicted molar refractivity (Wildman–Crippen MR) is 107 cm³/mol. The molecule has 0 radical (unpaired) electrons. The number of carbonyl (C=O) groups excluding carboxylic acids is 4. The van der Waals surface area contributed by atoms with Crippen LogP contribution in [0.5, 0.6) is 0 Å². The number of carbonyl (C=O) groups is 5. The Kier molecular flexibility index (Phi) is 8.75. The molecule has 2 aliphatic rings. The highest BCUT2D eigenvalue weighted by molar-refractivity contribution is 5.95. The molecule has 31 heavy (non-hydrogen) atoms. The maximum atomic E-state index is 13.1. The molecule has 7 N–H and O–H groups in total. The van der Waals surface area contributed by atoms with E-state index in [2.05, 4.69) is 16.0 Å². The van der Waals surface area contributed by atoms with Crippen LogP contribution in [-0.2, 0) is 24.0 Å². The second-order valence-electron chi connectivity index (χ2n) is 7.97. The van der Waals surface area contributed by atoms with Crippen LogP contribution >= 0.6 is 0 Å². The summed E-state index contributed by atoms with van der Waals surface area (Å²) in [4.78, 5) is 61.7. The predicted octanol–water partition coefficient (Wildman–Crippen LogP) is -2.57. The Morgan fingerprint density at radius 2 is 1.84 bits per heavy atom. The average Bonchev–Trinajstić information content (AvgIpc) is 3.39. The lowest BCUT2D eigenvalue weighted by Gasteiger charge is -2.31. The van der Waals surface area contributed by atoms with Gasteiger partial charge in [-0.05, 0) is 45.6 Å². The van der Waals surface area contributed by atoms with Gasteiger partial charge in [0, 0.05) is 13.0 Å². The van der Waals surface area contributed by atoms with Gasteiger partial charge in [0.2, 0.25) is 23.6 Å². The molecule has 0 spiro atoms. The zero-order chi connectivity index (χ0) is 23.1. The van der Waals surface area contributed by atoms with Crippen molar-refractivity contribution in [2.75, 3.05) is 13.1 Å². The lowest BCUT2D eigenvalue weighted by molar-refractivity contribution is -0.146. The largest absolute Gasteiger partial charge is 0.480 e. The summed E-state index contributed by atoms with van der Waals surface area (Å²) < 4.78 is 0. The molecule has 2 saturated heterocycles. The third-order valence-electron chi connectivity index (χ3n) is 5.56. The van der Waals surface area contributed by atoms with E-state index < -0.39 is 59.9 Å². The van der Waals surface area contributed by atoms with Crippen molar-refractivity contribution >= 4 is 29.6 Å². The standard InChI is InChI=1S/C19H31N5O7/c1-10(25)15(23-16(27)11-4-2-8-21-11)18(29)24-9-3-5-13(24)17(28)22-12(19(30)31)6-7-14(20)26/h10-13,15,21,25H,2-9H2,1H3,(H2,20,26)(H,22,28)(H,23,27)(H,30,31). The maximum Gasteiger partial charge on any atom is 0.326 e. The Balaban J connectivity index is 2.05. The number of hydrogen-bond donors (Lipinski definition) is 6.